The average molecular weight is 302 g/mol. The molecule has 94 valence electrons. The van der Waals surface area contributed by atoms with E-state index in [1.807, 2.05) is 34.3 Å². The number of aliphatic hydroxyl groups is 1. The molecule has 0 bridgehead atoms. The van der Waals surface area contributed by atoms with Gasteiger partial charge < -0.3 is 9.84 Å². The van der Waals surface area contributed by atoms with Crippen LogP contribution in [0.1, 0.15) is 12.0 Å². The van der Waals surface area contributed by atoms with Gasteiger partial charge in [-0.3, -0.25) is 4.79 Å². The van der Waals surface area contributed by atoms with Crippen molar-refractivity contribution in [3.63, 3.8) is 0 Å². The van der Waals surface area contributed by atoms with Crippen LogP contribution >= 0.6 is 16.1 Å². The number of carbonyl (C=O) groups excluding carboxylic acids is 1. The van der Waals surface area contributed by atoms with E-state index >= 15 is 0 Å². The molecule has 1 aliphatic rings. The Kier molecular flexibility index (Phi) is 6.84. The van der Waals surface area contributed by atoms with Gasteiger partial charge in [-0.15, -0.1) is 0 Å². The van der Waals surface area contributed by atoms with Gasteiger partial charge in [-0.1, -0.05) is 30.3 Å². The van der Waals surface area contributed by atoms with Crippen LogP contribution in [0.4, 0.5) is 0 Å². The summed E-state index contributed by atoms with van der Waals surface area (Å²) in [4.78, 5) is 9.76. The molecule has 1 aromatic rings. The molecule has 1 aromatic carbocycles. The largest absolute Gasteiger partial charge is 0.463 e. The minimum absolute atomic E-state index is 0.0978. The molecule has 17 heavy (non-hydrogen) atoms. The zero-order valence-electron chi connectivity index (χ0n) is 9.46. The monoisotopic (exact) mass is 301 g/mol. The Labute approximate surface area is 110 Å². The summed E-state index contributed by atoms with van der Waals surface area (Å²) < 4.78 is 6.48. The number of rotatable bonds is 3. The van der Waals surface area contributed by atoms with Crippen molar-refractivity contribution in [1.29, 1.82) is 0 Å². The number of hydrogen-bond donors (Lipinski definition) is 1. The van der Waals surface area contributed by atoms with E-state index in [1.54, 1.807) is 0 Å². The van der Waals surface area contributed by atoms with Gasteiger partial charge in [0.2, 0.25) is 0 Å². The minimum Gasteiger partial charge on any atom is -0.463 e. The van der Waals surface area contributed by atoms with Gasteiger partial charge in [0.25, 0.3) is 6.47 Å². The molecule has 1 heterocycles. The lowest BCUT2D eigenvalue weighted by Crippen LogP contribution is -2.09. The molecule has 0 radical (unpaired) electrons. The Balaban J connectivity index is 0.000000181. The second-order valence-electron chi connectivity index (χ2n) is 3.70. The molecule has 1 atom stereocenters. The number of halogens is 1. The van der Waals surface area contributed by atoms with Crippen molar-refractivity contribution in [3.05, 3.63) is 35.9 Å². The molecule has 2 rings (SSSR count). The molecule has 1 fully saturated rings. The molecule has 1 N–H and O–H groups in total. The third-order valence-electron chi connectivity index (χ3n) is 2.27. The fourth-order valence-electron chi connectivity index (χ4n) is 1.40. The Bertz CT molecular complexity index is 313. The lowest BCUT2D eigenvalue weighted by molar-refractivity contribution is -0.129. The van der Waals surface area contributed by atoms with E-state index in [9.17, 15) is 4.79 Å². The van der Waals surface area contributed by atoms with Crippen molar-refractivity contribution in [3.8, 4) is 0 Å². The Morgan fingerprint density at radius 2 is 2.18 bits per heavy atom. The lowest BCUT2D eigenvalue weighted by atomic mass is 10.2. The standard InChI is InChI=1S/C8H8O2.C4H8BrNO/c9-7-10-6-8-4-2-1-3-5-8;5-6-2-1-4(7)3-6/h1-5,7H,6H2;4,7H,1-3H2. The van der Waals surface area contributed by atoms with Crippen molar-refractivity contribution in [1.82, 2.24) is 3.93 Å². The first-order valence-electron chi connectivity index (χ1n) is 5.40. The summed E-state index contributed by atoms with van der Waals surface area (Å²) in [6.45, 7) is 2.57. The molecule has 0 saturated carbocycles. The molecule has 0 amide bonds. The van der Waals surface area contributed by atoms with Crippen LogP contribution in [0, 0.1) is 0 Å². The topological polar surface area (TPSA) is 49.8 Å². The van der Waals surface area contributed by atoms with Crippen LogP contribution in [0.2, 0.25) is 0 Å². The summed E-state index contributed by atoms with van der Waals surface area (Å²) in [7, 11) is 0. The summed E-state index contributed by atoms with van der Waals surface area (Å²) in [5, 5.41) is 8.83. The SMILES string of the molecule is O=COCc1ccccc1.OC1CCN(Br)C1. The summed E-state index contributed by atoms with van der Waals surface area (Å²) in [5.41, 5.74) is 1.01. The maximum atomic E-state index is 9.76. The lowest BCUT2D eigenvalue weighted by Gasteiger charge is -1.99. The van der Waals surface area contributed by atoms with Crippen molar-refractivity contribution in [2.45, 2.75) is 19.1 Å². The fraction of sp³-hybridized carbons (Fsp3) is 0.417. The van der Waals surface area contributed by atoms with Gasteiger partial charge in [0, 0.05) is 29.2 Å². The second kappa shape index (κ2) is 8.22. The van der Waals surface area contributed by atoms with Gasteiger partial charge in [0.1, 0.15) is 6.61 Å². The Hall–Kier alpha value is -0.910. The summed E-state index contributed by atoms with van der Waals surface area (Å²) in [6, 6.07) is 9.55. The van der Waals surface area contributed by atoms with Crippen molar-refractivity contribution >= 4 is 22.6 Å². The van der Waals surface area contributed by atoms with Gasteiger partial charge in [0.15, 0.2) is 0 Å². The number of β-amino-alcohol motifs (C(OH)–C–C–N with tert-alkyl or cyclic N) is 1. The van der Waals surface area contributed by atoms with Gasteiger partial charge in [-0.25, -0.2) is 3.93 Å². The van der Waals surface area contributed by atoms with Crippen molar-refractivity contribution < 1.29 is 14.6 Å². The first-order chi connectivity index (χ1) is 8.22. The summed E-state index contributed by atoms with van der Waals surface area (Å²) in [6.07, 6.45) is 0.810. The molecule has 0 spiro atoms. The van der Waals surface area contributed by atoms with Crippen LogP contribution in [0.5, 0.6) is 0 Å². The van der Waals surface area contributed by atoms with Crippen LogP contribution in [-0.2, 0) is 16.1 Å². The highest BCUT2D eigenvalue weighted by Gasteiger charge is 2.16. The number of benzene rings is 1. The van der Waals surface area contributed by atoms with Crippen LogP contribution in [-0.4, -0.2) is 34.7 Å². The first kappa shape index (κ1) is 14.2. The summed E-state index contributed by atoms with van der Waals surface area (Å²) >= 11 is 3.25. The molecule has 5 heteroatoms. The Morgan fingerprint density at radius 3 is 2.59 bits per heavy atom. The molecule has 1 unspecified atom stereocenters. The minimum atomic E-state index is -0.0978. The molecule has 0 aromatic heterocycles. The van der Waals surface area contributed by atoms with Crippen LogP contribution in [0.25, 0.3) is 0 Å². The molecular formula is C12H16BrNO3. The first-order valence-corrected chi connectivity index (χ1v) is 6.11. The van der Waals surface area contributed by atoms with E-state index in [1.165, 1.54) is 0 Å². The van der Waals surface area contributed by atoms with Crippen molar-refractivity contribution in [2.75, 3.05) is 13.1 Å². The summed E-state index contributed by atoms with van der Waals surface area (Å²) in [5.74, 6) is 0. The number of aliphatic hydroxyl groups excluding tert-OH is 1. The zero-order chi connectivity index (χ0) is 12.5. The Morgan fingerprint density at radius 1 is 1.47 bits per heavy atom. The van der Waals surface area contributed by atoms with E-state index in [0.29, 0.717) is 13.1 Å². The van der Waals surface area contributed by atoms with E-state index < -0.39 is 0 Å². The molecule has 0 aliphatic carbocycles. The van der Waals surface area contributed by atoms with Gasteiger partial charge in [-0.2, -0.15) is 0 Å². The normalized spacial score (nSPS) is 19.3. The van der Waals surface area contributed by atoms with Crippen LogP contribution < -0.4 is 0 Å². The van der Waals surface area contributed by atoms with Crippen molar-refractivity contribution in [2.24, 2.45) is 0 Å². The third kappa shape index (κ3) is 6.41. The predicted octanol–water partition coefficient (Wildman–Crippen LogP) is 1.72. The quantitative estimate of drug-likeness (QED) is 0.682. The third-order valence-corrected chi connectivity index (χ3v) is 2.92. The molecular weight excluding hydrogens is 286 g/mol. The van der Waals surface area contributed by atoms with E-state index in [-0.39, 0.29) is 6.10 Å². The van der Waals surface area contributed by atoms with Gasteiger partial charge >= 0.3 is 0 Å². The van der Waals surface area contributed by atoms with Crippen LogP contribution in [0.15, 0.2) is 30.3 Å². The fourth-order valence-corrected chi connectivity index (χ4v) is 1.94. The predicted molar refractivity (Wildman–Crippen MR) is 68.4 cm³/mol. The second-order valence-corrected chi connectivity index (χ2v) is 4.71. The highest BCUT2D eigenvalue weighted by molar-refractivity contribution is 9.07. The number of ether oxygens (including phenoxy) is 1. The molecule has 1 saturated heterocycles. The maximum Gasteiger partial charge on any atom is 0.293 e. The highest BCUT2D eigenvalue weighted by atomic mass is 79.9. The van der Waals surface area contributed by atoms with Gasteiger partial charge in [-0.05, 0) is 12.0 Å². The van der Waals surface area contributed by atoms with E-state index in [0.717, 1.165) is 25.1 Å². The number of nitrogens with zero attached hydrogens (tertiary/aromatic N) is 1. The number of carbonyl (C=O) groups is 1. The van der Waals surface area contributed by atoms with E-state index in [2.05, 4.69) is 20.9 Å². The smallest absolute Gasteiger partial charge is 0.293 e. The van der Waals surface area contributed by atoms with E-state index in [4.69, 9.17) is 5.11 Å². The molecule has 1 aliphatic heterocycles. The van der Waals surface area contributed by atoms with Crippen LogP contribution in [0.3, 0.4) is 0 Å². The van der Waals surface area contributed by atoms with Gasteiger partial charge in [0.05, 0.1) is 6.10 Å². The highest BCUT2D eigenvalue weighted by Crippen LogP contribution is 2.11. The average Bonchev–Trinajstić information content (AvgIpc) is 2.73. The zero-order valence-corrected chi connectivity index (χ0v) is 11.0. The molecule has 4 nitrogen and oxygen atoms in total. The maximum absolute atomic E-state index is 9.76. The number of hydrogen-bond acceptors (Lipinski definition) is 4.